The van der Waals surface area contributed by atoms with Crippen LogP contribution in [0.4, 0.5) is 14.5 Å². The minimum Gasteiger partial charge on any atom is -0.858 e. The lowest BCUT2D eigenvalue weighted by atomic mass is 10.0. The lowest BCUT2D eigenvalue weighted by Crippen LogP contribution is -2.40. The molecule has 0 fully saturated rings. The summed E-state index contributed by atoms with van der Waals surface area (Å²) in [5.41, 5.74) is 0.936. The molecule has 1 aliphatic rings. The quantitative estimate of drug-likeness (QED) is 0.299. The van der Waals surface area contributed by atoms with E-state index in [1.165, 1.54) is 47.0 Å². The standard InChI is InChI=1S/C28H22F2N4O3/c1-3-7-21-23(27(36)34(31-21)19-13-11-18(29)12-14-19)24-25(32-15-6-8-17(2)16-32)28(37)33(26(24)35)22-10-5-4-9-20(22)30/h4-6,8-16H,3,7H2,1-2H3. The molecule has 0 unspecified atom stereocenters. The number of aryl methyl sites for hydroxylation is 2. The van der Waals surface area contributed by atoms with Gasteiger partial charge in [-0.2, -0.15) is 9.67 Å². The number of carbonyl (C=O) groups excluding carboxylic acids is 2. The third-order valence-electron chi connectivity index (χ3n) is 6.08. The van der Waals surface area contributed by atoms with Gasteiger partial charge in [-0.3, -0.25) is 9.59 Å². The number of aromatic nitrogens is 3. The van der Waals surface area contributed by atoms with Gasteiger partial charge in [-0.1, -0.05) is 25.5 Å². The number of pyridine rings is 1. The second kappa shape index (κ2) is 9.42. The number of rotatable bonds is 6. The first kappa shape index (κ1) is 24.1. The highest BCUT2D eigenvalue weighted by Crippen LogP contribution is 2.39. The van der Waals surface area contributed by atoms with Crippen molar-refractivity contribution in [2.75, 3.05) is 4.90 Å². The molecular weight excluding hydrogens is 478 g/mol. The van der Waals surface area contributed by atoms with Crippen LogP contribution < -0.4 is 14.6 Å². The third kappa shape index (κ3) is 4.08. The molecule has 186 valence electrons. The molecule has 0 radical (unpaired) electrons. The van der Waals surface area contributed by atoms with Gasteiger partial charge in [0.2, 0.25) is 0 Å². The van der Waals surface area contributed by atoms with Gasteiger partial charge in [-0.05, 0) is 61.7 Å². The lowest BCUT2D eigenvalue weighted by Gasteiger charge is -2.16. The minimum absolute atomic E-state index is 0.0348. The number of para-hydroxylation sites is 1. The number of carbonyl (C=O) groups is 2. The number of halogens is 2. The second-order valence-corrected chi connectivity index (χ2v) is 8.67. The highest BCUT2D eigenvalue weighted by molar-refractivity contribution is 6.53. The third-order valence-corrected chi connectivity index (χ3v) is 6.08. The summed E-state index contributed by atoms with van der Waals surface area (Å²) in [5, 5.41) is 18.2. The number of anilines is 1. The molecule has 1 aliphatic heterocycles. The van der Waals surface area contributed by atoms with Gasteiger partial charge >= 0.3 is 5.91 Å². The Morgan fingerprint density at radius 3 is 2.38 bits per heavy atom. The Morgan fingerprint density at radius 2 is 1.70 bits per heavy atom. The molecule has 0 N–H and O–H groups in total. The van der Waals surface area contributed by atoms with Crippen molar-refractivity contribution < 1.29 is 28.0 Å². The van der Waals surface area contributed by atoms with Crippen molar-refractivity contribution >= 4 is 28.8 Å². The van der Waals surface area contributed by atoms with E-state index in [-0.39, 0.29) is 22.5 Å². The first-order chi connectivity index (χ1) is 17.8. The second-order valence-electron chi connectivity index (χ2n) is 8.67. The van der Waals surface area contributed by atoms with E-state index in [2.05, 4.69) is 5.10 Å². The first-order valence-electron chi connectivity index (χ1n) is 11.7. The molecule has 0 saturated carbocycles. The van der Waals surface area contributed by atoms with E-state index >= 15 is 0 Å². The molecule has 0 saturated heterocycles. The van der Waals surface area contributed by atoms with Gasteiger partial charge in [-0.25, -0.2) is 18.4 Å². The maximum atomic E-state index is 14.8. The van der Waals surface area contributed by atoms with Crippen LogP contribution in [0.2, 0.25) is 0 Å². The molecule has 9 heteroatoms. The number of hydrogen-bond acceptors (Lipinski definition) is 4. The maximum absolute atomic E-state index is 14.8. The van der Waals surface area contributed by atoms with E-state index in [9.17, 15) is 23.5 Å². The average molecular weight is 501 g/mol. The number of amides is 2. The van der Waals surface area contributed by atoms with E-state index in [1.807, 2.05) is 19.9 Å². The summed E-state index contributed by atoms with van der Waals surface area (Å²) in [6, 6.07) is 14.2. The van der Waals surface area contributed by atoms with Crippen molar-refractivity contribution in [1.29, 1.82) is 0 Å². The first-order valence-corrected chi connectivity index (χ1v) is 11.7. The zero-order chi connectivity index (χ0) is 26.3. The molecule has 3 heterocycles. The Morgan fingerprint density at radius 1 is 0.973 bits per heavy atom. The number of hydrogen-bond donors (Lipinski definition) is 0. The zero-order valence-corrected chi connectivity index (χ0v) is 20.1. The largest absolute Gasteiger partial charge is 0.858 e. The van der Waals surface area contributed by atoms with E-state index in [0.717, 1.165) is 21.2 Å². The van der Waals surface area contributed by atoms with Gasteiger partial charge in [0.1, 0.15) is 17.2 Å². The summed E-state index contributed by atoms with van der Waals surface area (Å²) in [6.45, 7) is 3.71. The molecule has 4 aromatic rings. The molecule has 5 rings (SSSR count). The SMILES string of the molecule is CCCc1nn(-c2ccc(F)cc2)c([O-])c1C1=C([n+]2cccc(C)c2)C(=O)N(c2ccccc2F)C1=O. The summed E-state index contributed by atoms with van der Waals surface area (Å²) in [7, 11) is 0. The van der Waals surface area contributed by atoms with E-state index in [1.54, 1.807) is 18.5 Å². The Kier molecular flexibility index (Phi) is 6.12. The molecule has 0 aliphatic carbocycles. The van der Waals surface area contributed by atoms with Crippen molar-refractivity contribution in [2.45, 2.75) is 26.7 Å². The van der Waals surface area contributed by atoms with Crippen LogP contribution in [0.15, 0.2) is 73.1 Å². The fourth-order valence-corrected chi connectivity index (χ4v) is 4.43. The van der Waals surface area contributed by atoms with Crippen LogP contribution in [0.1, 0.15) is 30.2 Å². The van der Waals surface area contributed by atoms with Crippen LogP contribution in [0.5, 0.6) is 5.88 Å². The molecule has 2 aromatic heterocycles. The highest BCUT2D eigenvalue weighted by atomic mass is 19.1. The van der Waals surface area contributed by atoms with Gasteiger partial charge < -0.3 is 5.11 Å². The summed E-state index contributed by atoms with van der Waals surface area (Å²) in [5.74, 6) is -3.45. The fourth-order valence-electron chi connectivity index (χ4n) is 4.43. The Balaban J connectivity index is 1.79. The van der Waals surface area contributed by atoms with Crippen molar-refractivity contribution in [3.05, 3.63) is 102 Å². The normalized spacial score (nSPS) is 13.7. The van der Waals surface area contributed by atoms with Gasteiger partial charge in [0.15, 0.2) is 12.4 Å². The Hall–Kier alpha value is -4.66. The van der Waals surface area contributed by atoms with Gasteiger partial charge in [0, 0.05) is 17.2 Å². The highest BCUT2D eigenvalue weighted by Gasteiger charge is 2.48. The van der Waals surface area contributed by atoms with E-state index < -0.39 is 29.3 Å². The van der Waals surface area contributed by atoms with Crippen LogP contribution in [0.3, 0.4) is 0 Å². The van der Waals surface area contributed by atoms with Crippen LogP contribution in [0, 0.1) is 18.6 Å². The van der Waals surface area contributed by atoms with Crippen molar-refractivity contribution in [2.24, 2.45) is 0 Å². The average Bonchev–Trinajstić information content (AvgIpc) is 3.32. The Labute approximate surface area is 211 Å². The number of nitrogens with zero attached hydrogens (tertiary/aromatic N) is 4. The molecular formula is C28H22F2N4O3. The molecule has 0 bridgehead atoms. The maximum Gasteiger partial charge on any atom is 0.331 e. The molecule has 2 aromatic carbocycles. The number of imide groups is 1. The predicted octanol–water partition coefficient (Wildman–Crippen LogP) is 3.71. The molecule has 37 heavy (non-hydrogen) atoms. The number of benzene rings is 2. The summed E-state index contributed by atoms with van der Waals surface area (Å²) in [4.78, 5) is 28.4. The van der Waals surface area contributed by atoms with Crippen LogP contribution in [-0.4, -0.2) is 21.6 Å². The van der Waals surface area contributed by atoms with E-state index in [0.29, 0.717) is 24.2 Å². The molecule has 0 spiro atoms. The van der Waals surface area contributed by atoms with Gasteiger partial charge in [0.05, 0.1) is 17.1 Å². The van der Waals surface area contributed by atoms with Crippen molar-refractivity contribution in [3.8, 4) is 11.6 Å². The van der Waals surface area contributed by atoms with E-state index in [4.69, 9.17) is 0 Å². The molecule has 0 atom stereocenters. The smallest absolute Gasteiger partial charge is 0.331 e. The van der Waals surface area contributed by atoms with Crippen LogP contribution >= 0.6 is 0 Å². The monoisotopic (exact) mass is 500 g/mol. The Bertz CT molecular complexity index is 1570. The summed E-state index contributed by atoms with van der Waals surface area (Å²) >= 11 is 0. The molecule has 2 amide bonds. The topological polar surface area (TPSA) is 82.1 Å². The van der Waals surface area contributed by atoms with Crippen LogP contribution in [0.25, 0.3) is 17.0 Å². The van der Waals surface area contributed by atoms with Crippen LogP contribution in [-0.2, 0) is 16.0 Å². The molecule has 7 nitrogen and oxygen atoms in total. The fraction of sp³-hybridized carbons (Fsp3) is 0.143. The lowest BCUT2D eigenvalue weighted by molar-refractivity contribution is -0.577. The minimum atomic E-state index is -0.827. The van der Waals surface area contributed by atoms with Gasteiger partial charge in [0.25, 0.3) is 11.6 Å². The summed E-state index contributed by atoms with van der Waals surface area (Å²) < 4.78 is 30.8. The zero-order valence-electron chi connectivity index (χ0n) is 20.1. The summed E-state index contributed by atoms with van der Waals surface area (Å²) in [6.07, 6.45) is 4.19. The van der Waals surface area contributed by atoms with Crippen molar-refractivity contribution in [1.82, 2.24) is 9.78 Å². The van der Waals surface area contributed by atoms with Crippen molar-refractivity contribution in [3.63, 3.8) is 0 Å². The van der Waals surface area contributed by atoms with Gasteiger partial charge in [-0.15, -0.1) is 0 Å². The predicted molar refractivity (Wildman–Crippen MR) is 130 cm³/mol.